The molecule has 1 saturated carbocycles. The Labute approximate surface area is 227 Å². The fourth-order valence-electron chi connectivity index (χ4n) is 5.36. The Morgan fingerprint density at radius 3 is 2.54 bits per heavy atom. The highest BCUT2D eigenvalue weighted by Crippen LogP contribution is 2.38. The number of H-pyrrole nitrogens is 1. The minimum atomic E-state index is -0.282. The van der Waals surface area contributed by atoms with Crippen molar-refractivity contribution in [3.63, 3.8) is 0 Å². The van der Waals surface area contributed by atoms with E-state index < -0.39 is 0 Å². The second-order valence-corrected chi connectivity index (χ2v) is 10.5. The lowest BCUT2D eigenvalue weighted by Crippen LogP contribution is -2.33. The van der Waals surface area contributed by atoms with E-state index in [1.807, 2.05) is 61.5 Å². The van der Waals surface area contributed by atoms with Gasteiger partial charge < -0.3 is 36.5 Å². The van der Waals surface area contributed by atoms with Gasteiger partial charge in [-0.1, -0.05) is 0 Å². The predicted octanol–water partition coefficient (Wildman–Crippen LogP) is 4.44. The van der Waals surface area contributed by atoms with Crippen LogP contribution in [0.25, 0.3) is 11.2 Å². The zero-order valence-corrected chi connectivity index (χ0v) is 22.2. The van der Waals surface area contributed by atoms with Gasteiger partial charge in [0.2, 0.25) is 5.95 Å². The summed E-state index contributed by atoms with van der Waals surface area (Å²) >= 11 is 0. The fourth-order valence-corrected chi connectivity index (χ4v) is 5.36. The van der Waals surface area contributed by atoms with Crippen LogP contribution in [-0.2, 0) is 6.42 Å². The molecule has 1 fully saturated rings. The summed E-state index contributed by atoms with van der Waals surface area (Å²) < 4.78 is 0. The minimum absolute atomic E-state index is 0.282. The van der Waals surface area contributed by atoms with Crippen molar-refractivity contribution in [1.29, 1.82) is 0 Å². The van der Waals surface area contributed by atoms with Crippen LogP contribution < -0.4 is 31.5 Å². The Morgan fingerprint density at radius 2 is 1.77 bits per heavy atom. The molecule has 2 amide bonds. The summed E-state index contributed by atoms with van der Waals surface area (Å²) in [6.45, 7) is 0.764. The molecule has 2 aromatic heterocycles. The number of benzene rings is 2. The number of amides is 2. The van der Waals surface area contributed by atoms with Gasteiger partial charge in [-0.05, 0) is 80.1 Å². The van der Waals surface area contributed by atoms with Gasteiger partial charge in [-0.15, -0.1) is 0 Å². The van der Waals surface area contributed by atoms with Gasteiger partial charge in [0.05, 0.1) is 6.33 Å². The topological polar surface area (TPSA) is 140 Å². The third-order valence-corrected chi connectivity index (χ3v) is 7.50. The van der Waals surface area contributed by atoms with E-state index in [9.17, 15) is 4.79 Å². The fraction of sp³-hybridized carbons (Fsp3) is 0.357. The number of rotatable bonds is 6. The number of nitrogens with two attached hydrogens (primary N) is 1. The molecule has 6 rings (SSSR count). The highest BCUT2D eigenvalue weighted by atomic mass is 16.2. The Bertz CT molecular complexity index is 1470. The number of nitrogens with one attached hydrogen (secondary N) is 4. The maximum absolute atomic E-state index is 12.6. The quantitative estimate of drug-likeness (QED) is 0.248. The van der Waals surface area contributed by atoms with E-state index in [1.165, 1.54) is 0 Å². The Kier molecular flexibility index (Phi) is 6.65. The monoisotopic (exact) mass is 526 g/mol. The number of hydrogen-bond acceptors (Lipinski definition) is 8. The third-order valence-electron chi connectivity index (χ3n) is 7.50. The second kappa shape index (κ2) is 10.4. The van der Waals surface area contributed by atoms with Crippen molar-refractivity contribution in [1.82, 2.24) is 19.9 Å². The molecule has 2 aromatic carbocycles. The van der Waals surface area contributed by atoms with Crippen LogP contribution in [0, 0.1) is 0 Å². The molecule has 0 radical (unpaired) electrons. The zero-order valence-electron chi connectivity index (χ0n) is 22.2. The third kappa shape index (κ3) is 5.30. The lowest BCUT2D eigenvalue weighted by Gasteiger charge is -2.27. The first-order valence-electron chi connectivity index (χ1n) is 13.4. The van der Waals surface area contributed by atoms with E-state index in [2.05, 4.69) is 35.8 Å². The number of carbonyl (C=O) groups is 1. The normalized spacial score (nSPS) is 18.6. The molecule has 4 aromatic rings. The molecule has 0 atom stereocenters. The summed E-state index contributed by atoms with van der Waals surface area (Å²) in [5, 5.41) is 9.37. The van der Waals surface area contributed by atoms with Gasteiger partial charge in [0.15, 0.2) is 17.0 Å². The van der Waals surface area contributed by atoms with Crippen LogP contribution in [0.2, 0.25) is 0 Å². The highest BCUT2D eigenvalue weighted by Gasteiger charge is 2.26. The lowest BCUT2D eigenvalue weighted by atomic mass is 9.92. The van der Waals surface area contributed by atoms with E-state index in [4.69, 9.17) is 10.7 Å². The van der Waals surface area contributed by atoms with Crippen molar-refractivity contribution in [3.05, 3.63) is 54.4 Å². The highest BCUT2D eigenvalue weighted by molar-refractivity contribution is 6.00. The van der Waals surface area contributed by atoms with Gasteiger partial charge in [0.1, 0.15) is 0 Å². The molecular weight excluding hydrogens is 492 g/mol. The Morgan fingerprint density at radius 1 is 1.03 bits per heavy atom. The van der Waals surface area contributed by atoms with Gasteiger partial charge in [-0.2, -0.15) is 9.97 Å². The first-order chi connectivity index (χ1) is 18.9. The maximum atomic E-state index is 12.6. The van der Waals surface area contributed by atoms with Crippen molar-refractivity contribution >= 4 is 51.7 Å². The number of fused-ring (bicyclic) bond motifs is 2. The van der Waals surface area contributed by atoms with Gasteiger partial charge in [-0.3, -0.25) is 0 Å². The zero-order chi connectivity index (χ0) is 26.9. The number of urea groups is 1. The number of imidazole rings is 1. The molecule has 0 saturated heterocycles. The number of aromatic nitrogens is 4. The van der Waals surface area contributed by atoms with Crippen molar-refractivity contribution in [3.8, 4) is 0 Å². The molecule has 1 aliphatic heterocycles. The molecule has 0 unspecified atom stereocenters. The smallest absolute Gasteiger partial charge is 0.323 e. The molecule has 2 aliphatic rings. The molecule has 11 heteroatoms. The number of carbonyl (C=O) groups excluding carboxylic acids is 1. The molecule has 202 valence electrons. The van der Waals surface area contributed by atoms with E-state index in [0.29, 0.717) is 17.6 Å². The van der Waals surface area contributed by atoms with Crippen LogP contribution in [-0.4, -0.2) is 58.7 Å². The first kappa shape index (κ1) is 24.9. The maximum Gasteiger partial charge on any atom is 0.323 e. The second-order valence-electron chi connectivity index (χ2n) is 10.5. The van der Waals surface area contributed by atoms with E-state index in [1.54, 1.807) is 6.33 Å². The minimum Gasteiger partial charge on any atom is -0.378 e. The summed E-state index contributed by atoms with van der Waals surface area (Å²) in [6.07, 6.45) is 6.53. The molecule has 6 N–H and O–H groups in total. The van der Waals surface area contributed by atoms with Crippen LogP contribution in [0.4, 0.5) is 39.3 Å². The van der Waals surface area contributed by atoms with Crippen LogP contribution in [0.5, 0.6) is 0 Å². The van der Waals surface area contributed by atoms with E-state index in [0.717, 1.165) is 78.3 Å². The molecule has 3 heterocycles. The molecule has 0 spiro atoms. The van der Waals surface area contributed by atoms with Crippen molar-refractivity contribution in [2.45, 2.75) is 44.2 Å². The molecule has 1 aliphatic carbocycles. The summed E-state index contributed by atoms with van der Waals surface area (Å²) in [5.74, 6) is 1.37. The summed E-state index contributed by atoms with van der Waals surface area (Å²) in [5.41, 5.74) is 12.3. The lowest BCUT2D eigenvalue weighted by molar-refractivity contribution is 0.262. The number of hydrogen-bond donors (Lipinski definition) is 5. The van der Waals surface area contributed by atoms with Crippen LogP contribution in [0.3, 0.4) is 0 Å². The standard InChI is InChI=1S/C28H34N10O/c1-37(2)22-10-7-20(8-11-22)33-28(39)34-21-9-12-23-17(15-21)13-14-38(23)26-24-25(31-16-30-24)35-27(36-26)32-19-5-3-18(29)4-6-19/h7-12,15-16,18-19H,3-6,13-14,29H2,1-2H3,(H2,33,34,39)(H2,30,31,32,35,36)/t18-,19-. The molecule has 39 heavy (non-hydrogen) atoms. The molecular formula is C28H34N10O. The number of aromatic amines is 1. The van der Waals surface area contributed by atoms with E-state index >= 15 is 0 Å². The van der Waals surface area contributed by atoms with Gasteiger partial charge >= 0.3 is 6.03 Å². The SMILES string of the molecule is CN(C)c1ccc(NC(=O)Nc2ccc3c(c2)CCN3c2nc(N[C@H]3CC[C@H](N)CC3)nc3[nH]cnc23)cc1. The van der Waals surface area contributed by atoms with Crippen LogP contribution >= 0.6 is 0 Å². The Hall–Kier alpha value is -4.38. The number of anilines is 6. The molecule has 0 bridgehead atoms. The summed E-state index contributed by atoms with van der Waals surface area (Å²) in [7, 11) is 3.96. The van der Waals surface area contributed by atoms with E-state index in [-0.39, 0.29) is 12.1 Å². The van der Waals surface area contributed by atoms with Crippen molar-refractivity contribution < 1.29 is 4.79 Å². The van der Waals surface area contributed by atoms with Gasteiger partial charge in [0, 0.05) is 55.5 Å². The van der Waals surface area contributed by atoms with Crippen molar-refractivity contribution in [2.75, 3.05) is 46.4 Å². The van der Waals surface area contributed by atoms with Crippen molar-refractivity contribution in [2.24, 2.45) is 5.73 Å². The van der Waals surface area contributed by atoms with Crippen LogP contribution in [0.15, 0.2) is 48.8 Å². The average Bonchev–Trinajstić information content (AvgIpc) is 3.57. The largest absolute Gasteiger partial charge is 0.378 e. The summed E-state index contributed by atoms with van der Waals surface area (Å²) in [6, 6.07) is 14.0. The predicted molar refractivity (Wildman–Crippen MR) is 156 cm³/mol. The van der Waals surface area contributed by atoms with Gasteiger partial charge in [-0.25, -0.2) is 9.78 Å². The van der Waals surface area contributed by atoms with Crippen LogP contribution in [0.1, 0.15) is 31.2 Å². The number of nitrogens with zero attached hydrogens (tertiary/aromatic N) is 5. The summed E-state index contributed by atoms with van der Waals surface area (Å²) in [4.78, 5) is 34.1. The first-order valence-corrected chi connectivity index (χ1v) is 13.4. The molecule has 11 nitrogen and oxygen atoms in total. The van der Waals surface area contributed by atoms with Gasteiger partial charge in [0.25, 0.3) is 0 Å². The Balaban J connectivity index is 1.18. The average molecular weight is 527 g/mol.